The molecule has 2 aromatic carbocycles. The summed E-state index contributed by atoms with van der Waals surface area (Å²) >= 11 is 14.5. The monoisotopic (exact) mass is 1080 g/mol. The summed E-state index contributed by atoms with van der Waals surface area (Å²) in [7, 11) is 0. The van der Waals surface area contributed by atoms with Crippen LogP contribution < -0.4 is 20.5 Å². The molecule has 3 N–H and O–H groups in total. The van der Waals surface area contributed by atoms with Crippen LogP contribution in [0.3, 0.4) is 0 Å². The van der Waals surface area contributed by atoms with Crippen molar-refractivity contribution < 1.29 is 81.3 Å². The number of carbonyl (C=O) groups excluding carboxylic acids is 2. The van der Waals surface area contributed by atoms with Gasteiger partial charge in [-0.15, -0.1) is 23.2 Å². The number of halogens is 3. The molecule has 0 bridgehead atoms. The predicted molar refractivity (Wildman–Crippen MR) is 160 cm³/mol. The van der Waals surface area contributed by atoms with Crippen LogP contribution in [-0.4, -0.2) is 26.8 Å². The fourth-order valence-electron chi connectivity index (χ4n) is 2.73. The van der Waals surface area contributed by atoms with Gasteiger partial charge in [0, 0.05) is 98.5 Å². The van der Waals surface area contributed by atoms with Crippen molar-refractivity contribution in [1.82, 2.24) is 15.3 Å². The summed E-state index contributed by atoms with van der Waals surface area (Å²) in [6, 6.07) is 26.9. The van der Waals surface area contributed by atoms with Gasteiger partial charge < -0.3 is 20.5 Å². The molecule has 4 aromatic rings. The number of hydrogen-bond acceptors (Lipinski definition) is 7. The van der Waals surface area contributed by atoms with E-state index in [9.17, 15) is 9.59 Å². The number of amides is 1. The number of benzene rings is 2. The van der Waals surface area contributed by atoms with Crippen LogP contribution in [0.1, 0.15) is 37.2 Å². The van der Waals surface area contributed by atoms with E-state index < -0.39 is 11.5 Å². The molecule has 2 aromatic heterocycles. The fourth-order valence-corrected chi connectivity index (χ4v) is 2.82. The Morgan fingerprint density at radius 1 is 0.810 bits per heavy atom. The maximum Gasteiger partial charge on any atom is 0.413 e. The summed E-state index contributed by atoms with van der Waals surface area (Å²) in [5.41, 5.74) is 6.64. The van der Waals surface area contributed by atoms with Crippen molar-refractivity contribution in [2.45, 2.75) is 25.9 Å². The maximum atomic E-state index is 11.6. The van der Waals surface area contributed by atoms with Crippen molar-refractivity contribution in [2.24, 2.45) is 5.73 Å². The summed E-state index contributed by atoms with van der Waals surface area (Å²) in [4.78, 5) is 29.9. The standard InChI is InChI=1S/C14H14N2O2.C7H5ClO2.C7H10N2.CH2Cl2.2U/c1-11(13-9-5-6-10-15-13)16-14(17)18-12-7-3-2-4-8-12;8-7(9)10-6-4-2-1-3-5-6;1-6(8)7-3-2-4-9-5-7;2-1-3;;/h2-11H,1H3,(H,16,17);1-5H;2-6H,8H2,1H3;1H2;;. The molecule has 1 amide bonds. The Morgan fingerprint density at radius 3 is 1.74 bits per heavy atom. The average molecular weight is 1080 g/mol. The molecule has 4 rings (SSSR count). The molecule has 0 radical (unpaired) electrons. The van der Waals surface area contributed by atoms with Crippen LogP contribution in [0.2, 0.25) is 0 Å². The zero-order chi connectivity index (χ0) is 29.6. The van der Waals surface area contributed by atoms with Gasteiger partial charge in [-0.3, -0.25) is 9.97 Å². The Balaban J connectivity index is 0. The Hall–Kier alpha value is -1.59. The summed E-state index contributed by atoms with van der Waals surface area (Å²) in [6.07, 6.45) is 4.73. The Kier molecular flexibility index (Phi) is 27.3. The first-order valence-corrected chi connectivity index (χ1v) is 13.4. The quantitative estimate of drug-likeness (QED) is 0.155. The van der Waals surface area contributed by atoms with Gasteiger partial charge in [0.15, 0.2) is 0 Å². The first-order chi connectivity index (χ1) is 19.3. The van der Waals surface area contributed by atoms with Crippen LogP contribution in [-0.2, 0) is 0 Å². The number of pyridine rings is 2. The van der Waals surface area contributed by atoms with Crippen molar-refractivity contribution >= 4 is 46.3 Å². The normalized spacial score (nSPS) is 10.3. The van der Waals surface area contributed by atoms with Gasteiger partial charge in [0.05, 0.1) is 17.1 Å². The van der Waals surface area contributed by atoms with Gasteiger partial charge in [0.2, 0.25) is 0 Å². The van der Waals surface area contributed by atoms with Crippen LogP contribution in [0.4, 0.5) is 9.59 Å². The van der Waals surface area contributed by atoms with E-state index in [1.54, 1.807) is 55.0 Å². The van der Waals surface area contributed by atoms with Crippen molar-refractivity contribution in [3.8, 4) is 11.5 Å². The first kappa shape index (κ1) is 42.5. The molecule has 0 spiro atoms. The second kappa shape index (κ2) is 27.0. The van der Waals surface area contributed by atoms with Crippen molar-refractivity contribution in [3.63, 3.8) is 0 Å². The van der Waals surface area contributed by atoms with Gasteiger partial charge in [-0.05, 0) is 61.9 Å². The SMILES string of the molecule is CC(N)c1cccnc1.CC(NC(=O)Oc1ccccc1)c1ccccn1.ClCCl.O=C(Cl)Oc1ccccc1.[U].[U]. The molecule has 0 saturated heterocycles. The van der Waals surface area contributed by atoms with E-state index in [-0.39, 0.29) is 79.6 Å². The van der Waals surface area contributed by atoms with Crippen molar-refractivity contribution in [1.29, 1.82) is 0 Å². The minimum Gasteiger partial charge on any atom is -0.415 e. The second-order valence-corrected chi connectivity index (χ2v) is 8.77. The van der Waals surface area contributed by atoms with Crippen LogP contribution in [0, 0.1) is 62.2 Å². The number of para-hydroxylation sites is 2. The number of hydrogen-bond donors (Lipinski definition) is 2. The van der Waals surface area contributed by atoms with E-state index in [2.05, 4.69) is 20.0 Å². The van der Waals surface area contributed by atoms with Gasteiger partial charge in [0.1, 0.15) is 11.5 Å². The third-order valence-corrected chi connectivity index (χ3v) is 4.65. The van der Waals surface area contributed by atoms with E-state index >= 15 is 0 Å². The Bertz CT molecular complexity index is 1220. The minimum absolute atomic E-state index is 0. The van der Waals surface area contributed by atoms with Gasteiger partial charge in [-0.2, -0.15) is 0 Å². The summed E-state index contributed by atoms with van der Waals surface area (Å²) in [5.74, 6) is 0.978. The molecule has 8 nitrogen and oxygen atoms in total. The Labute approximate surface area is 309 Å². The minimum atomic E-state index is -0.814. The molecule has 0 aliphatic rings. The van der Waals surface area contributed by atoms with Crippen LogP contribution >= 0.6 is 34.8 Å². The van der Waals surface area contributed by atoms with Gasteiger partial charge in [-0.1, -0.05) is 48.5 Å². The number of nitrogens with two attached hydrogens (primary N) is 1. The largest absolute Gasteiger partial charge is 0.415 e. The first-order valence-electron chi connectivity index (χ1n) is 11.9. The number of carbonyl (C=O) groups is 2. The summed E-state index contributed by atoms with van der Waals surface area (Å²) in [5, 5.41) is 2.92. The molecule has 2 atom stereocenters. The topological polar surface area (TPSA) is 116 Å². The molecule has 0 aliphatic carbocycles. The average Bonchev–Trinajstić information content (AvgIpc) is 2.96. The second-order valence-electron chi connectivity index (χ2n) is 7.65. The molecule has 42 heavy (non-hydrogen) atoms. The zero-order valence-electron chi connectivity index (χ0n) is 23.0. The van der Waals surface area contributed by atoms with Crippen LogP contribution in [0.15, 0.2) is 110 Å². The van der Waals surface area contributed by atoms with E-state index in [1.165, 1.54) is 0 Å². The molecule has 0 fully saturated rings. The number of nitrogens with zero attached hydrogens (tertiary/aromatic N) is 2. The van der Waals surface area contributed by atoms with Crippen LogP contribution in [0.5, 0.6) is 11.5 Å². The number of alkyl halides is 2. The summed E-state index contributed by atoms with van der Waals surface area (Å²) < 4.78 is 9.67. The molecule has 0 aliphatic heterocycles. The van der Waals surface area contributed by atoms with Crippen molar-refractivity contribution in [2.75, 3.05) is 5.34 Å². The number of aromatic nitrogens is 2. The molecule has 2 heterocycles. The number of ether oxygens (including phenoxy) is 2. The maximum absolute atomic E-state index is 11.6. The smallest absolute Gasteiger partial charge is 0.413 e. The number of nitrogens with one attached hydrogen (secondary N) is 1. The number of rotatable bonds is 5. The third kappa shape index (κ3) is 21.2. The van der Waals surface area contributed by atoms with E-state index in [0.717, 1.165) is 11.3 Å². The van der Waals surface area contributed by atoms with E-state index in [1.807, 2.05) is 68.4 Å². The molecule has 13 heteroatoms. The fraction of sp³-hybridized carbons (Fsp3) is 0.172. The van der Waals surface area contributed by atoms with E-state index in [0.29, 0.717) is 11.5 Å². The third-order valence-electron chi connectivity index (χ3n) is 4.57. The molecule has 220 valence electrons. The van der Waals surface area contributed by atoms with Crippen molar-refractivity contribution in [3.05, 3.63) is 121 Å². The molecular weight excluding hydrogens is 1050 g/mol. The van der Waals surface area contributed by atoms with Gasteiger partial charge in [-0.25, -0.2) is 9.59 Å². The van der Waals surface area contributed by atoms with Crippen LogP contribution in [0.25, 0.3) is 0 Å². The molecule has 0 saturated carbocycles. The predicted octanol–water partition coefficient (Wildman–Crippen LogP) is 7.88. The van der Waals surface area contributed by atoms with E-state index in [4.69, 9.17) is 45.3 Å². The summed E-state index contributed by atoms with van der Waals surface area (Å²) in [6.45, 7) is 3.80. The van der Waals surface area contributed by atoms with Gasteiger partial charge in [0.25, 0.3) is 0 Å². The zero-order valence-corrected chi connectivity index (χ0v) is 33.6. The molecule has 2 unspecified atom stereocenters. The Morgan fingerprint density at radius 2 is 1.33 bits per heavy atom. The molecular formula is C29H31Cl3N4O4U2. The van der Waals surface area contributed by atoms with Gasteiger partial charge >= 0.3 is 11.5 Å².